The monoisotopic (exact) mass is 265 g/mol. The number of carboxylic acids is 1. The second-order valence-corrected chi connectivity index (χ2v) is 4.15. The number of nitrogens with one attached hydrogen (secondary N) is 1. The van der Waals surface area contributed by atoms with Gasteiger partial charge in [0.2, 0.25) is 0 Å². The third-order valence-electron chi connectivity index (χ3n) is 2.78. The van der Waals surface area contributed by atoms with Crippen LogP contribution >= 0.6 is 0 Å². The molecular weight excluding hydrogens is 250 g/mol. The van der Waals surface area contributed by atoms with Crippen molar-refractivity contribution in [1.29, 1.82) is 0 Å². The van der Waals surface area contributed by atoms with Crippen molar-refractivity contribution >= 4 is 11.9 Å². The van der Waals surface area contributed by atoms with Gasteiger partial charge in [0.25, 0.3) is 5.91 Å². The van der Waals surface area contributed by atoms with Crippen LogP contribution in [0.3, 0.4) is 0 Å². The van der Waals surface area contributed by atoms with Crippen molar-refractivity contribution in [3.63, 3.8) is 0 Å². The van der Waals surface area contributed by atoms with Crippen LogP contribution in [-0.2, 0) is 20.8 Å². The molecule has 1 heterocycles. The molecule has 1 aliphatic heterocycles. The number of hydrogen-bond donors (Lipinski definition) is 2. The van der Waals surface area contributed by atoms with E-state index in [9.17, 15) is 9.59 Å². The minimum Gasteiger partial charge on any atom is -0.478 e. The van der Waals surface area contributed by atoms with Crippen LogP contribution in [0.15, 0.2) is 24.3 Å². The van der Waals surface area contributed by atoms with Crippen molar-refractivity contribution < 1.29 is 24.2 Å². The van der Waals surface area contributed by atoms with Crippen LogP contribution in [-0.4, -0.2) is 42.9 Å². The largest absolute Gasteiger partial charge is 0.478 e. The lowest BCUT2D eigenvalue weighted by Crippen LogP contribution is -2.42. The van der Waals surface area contributed by atoms with Crippen molar-refractivity contribution in [3.05, 3.63) is 35.4 Å². The van der Waals surface area contributed by atoms with Crippen LogP contribution in [0.1, 0.15) is 15.9 Å². The van der Waals surface area contributed by atoms with Crippen LogP contribution < -0.4 is 5.32 Å². The standard InChI is InChI=1S/C13H15NO5/c15-12(11-8-18-5-6-19-11)14-7-9-1-3-10(4-2-9)13(16)17/h1-4,11H,5-8H2,(H,14,15)(H,16,17)/t11-/m1/s1. The fraction of sp³-hybridized carbons (Fsp3) is 0.385. The predicted octanol–water partition coefficient (Wildman–Crippen LogP) is 0.416. The molecule has 0 aliphatic carbocycles. The van der Waals surface area contributed by atoms with E-state index in [1.807, 2.05) is 0 Å². The maximum atomic E-state index is 11.7. The highest BCUT2D eigenvalue weighted by Crippen LogP contribution is 2.05. The zero-order chi connectivity index (χ0) is 13.7. The average Bonchev–Trinajstić information content (AvgIpc) is 2.46. The Morgan fingerprint density at radius 2 is 2.00 bits per heavy atom. The Kier molecular flexibility index (Phi) is 4.48. The number of rotatable bonds is 4. The lowest BCUT2D eigenvalue weighted by atomic mass is 10.1. The summed E-state index contributed by atoms with van der Waals surface area (Å²) in [5.74, 6) is -1.19. The fourth-order valence-electron chi connectivity index (χ4n) is 1.71. The van der Waals surface area contributed by atoms with Crippen molar-refractivity contribution in [1.82, 2.24) is 5.32 Å². The van der Waals surface area contributed by atoms with Gasteiger partial charge in [0, 0.05) is 6.54 Å². The van der Waals surface area contributed by atoms with Crippen LogP contribution in [0, 0.1) is 0 Å². The van der Waals surface area contributed by atoms with Crippen molar-refractivity contribution in [3.8, 4) is 0 Å². The maximum Gasteiger partial charge on any atom is 0.335 e. The molecule has 2 rings (SSSR count). The summed E-state index contributed by atoms with van der Waals surface area (Å²) in [5, 5.41) is 11.5. The molecule has 0 spiro atoms. The first-order valence-electron chi connectivity index (χ1n) is 5.96. The normalized spacial score (nSPS) is 18.8. The molecule has 1 atom stereocenters. The van der Waals surface area contributed by atoms with Crippen molar-refractivity contribution in [2.45, 2.75) is 12.6 Å². The third kappa shape index (κ3) is 3.77. The number of carboxylic acid groups (broad SMARTS) is 1. The van der Waals surface area contributed by atoms with Gasteiger partial charge in [-0.15, -0.1) is 0 Å². The summed E-state index contributed by atoms with van der Waals surface area (Å²) in [6, 6.07) is 6.35. The second kappa shape index (κ2) is 6.31. The van der Waals surface area contributed by atoms with Gasteiger partial charge in [-0.3, -0.25) is 4.79 Å². The summed E-state index contributed by atoms with van der Waals surface area (Å²) >= 11 is 0. The highest BCUT2D eigenvalue weighted by Gasteiger charge is 2.22. The molecule has 1 saturated heterocycles. The van der Waals surface area contributed by atoms with Crippen LogP contribution in [0.2, 0.25) is 0 Å². The molecule has 6 heteroatoms. The molecule has 0 radical (unpaired) electrons. The second-order valence-electron chi connectivity index (χ2n) is 4.15. The van der Waals surface area contributed by atoms with E-state index in [0.29, 0.717) is 19.8 Å². The quantitative estimate of drug-likeness (QED) is 0.824. The lowest BCUT2D eigenvalue weighted by Gasteiger charge is -2.22. The molecule has 0 bridgehead atoms. The molecule has 19 heavy (non-hydrogen) atoms. The molecule has 0 saturated carbocycles. The molecule has 6 nitrogen and oxygen atoms in total. The molecule has 102 valence electrons. The van der Waals surface area contributed by atoms with Crippen molar-refractivity contribution in [2.24, 2.45) is 0 Å². The van der Waals surface area contributed by atoms with E-state index in [4.69, 9.17) is 14.6 Å². The molecule has 1 aromatic rings. The first kappa shape index (κ1) is 13.5. The molecular formula is C13H15NO5. The molecule has 1 aromatic carbocycles. The summed E-state index contributed by atoms with van der Waals surface area (Å²) in [5.41, 5.74) is 1.05. The molecule has 0 unspecified atom stereocenters. The number of aromatic carboxylic acids is 1. The van der Waals surface area contributed by atoms with Crippen molar-refractivity contribution in [2.75, 3.05) is 19.8 Å². The van der Waals surface area contributed by atoms with E-state index in [-0.39, 0.29) is 18.1 Å². The van der Waals surface area contributed by atoms with Gasteiger partial charge in [0.1, 0.15) is 0 Å². The van der Waals surface area contributed by atoms with Crippen LogP contribution in [0.25, 0.3) is 0 Å². The predicted molar refractivity (Wildman–Crippen MR) is 65.8 cm³/mol. The summed E-state index contributed by atoms with van der Waals surface area (Å²) in [6.07, 6.45) is -0.563. The number of benzene rings is 1. The molecule has 2 N–H and O–H groups in total. The van der Waals surface area contributed by atoms with Crippen LogP contribution in [0.4, 0.5) is 0 Å². The average molecular weight is 265 g/mol. The summed E-state index contributed by atoms with van der Waals surface area (Å²) in [7, 11) is 0. The van der Waals surface area contributed by atoms with Gasteiger partial charge in [-0.25, -0.2) is 4.79 Å². The number of carbonyl (C=O) groups is 2. The summed E-state index contributed by atoms with van der Waals surface area (Å²) < 4.78 is 10.4. The topological polar surface area (TPSA) is 84.9 Å². The van der Waals surface area contributed by atoms with Gasteiger partial charge in [-0.1, -0.05) is 12.1 Å². The molecule has 1 fully saturated rings. The Labute approximate surface area is 110 Å². The number of carbonyl (C=O) groups excluding carboxylic acids is 1. The number of ether oxygens (including phenoxy) is 2. The Hall–Kier alpha value is -1.92. The minimum atomic E-state index is -0.969. The SMILES string of the molecule is O=C(O)c1ccc(CNC(=O)[C@H]2COCCO2)cc1. The van der Waals surface area contributed by atoms with E-state index in [1.165, 1.54) is 12.1 Å². The van der Waals surface area contributed by atoms with Gasteiger partial charge in [0.05, 0.1) is 25.4 Å². The van der Waals surface area contributed by atoms with E-state index in [1.54, 1.807) is 12.1 Å². The van der Waals surface area contributed by atoms with Gasteiger partial charge in [-0.2, -0.15) is 0 Å². The van der Waals surface area contributed by atoms with E-state index >= 15 is 0 Å². The summed E-state index contributed by atoms with van der Waals surface area (Å²) in [4.78, 5) is 22.4. The number of hydrogen-bond acceptors (Lipinski definition) is 4. The highest BCUT2D eigenvalue weighted by atomic mass is 16.6. The lowest BCUT2D eigenvalue weighted by molar-refractivity contribution is -0.147. The molecule has 1 aliphatic rings. The van der Waals surface area contributed by atoms with Gasteiger partial charge < -0.3 is 19.9 Å². The van der Waals surface area contributed by atoms with Gasteiger partial charge in [-0.05, 0) is 17.7 Å². The first-order chi connectivity index (χ1) is 9.16. The van der Waals surface area contributed by atoms with E-state index in [2.05, 4.69) is 5.32 Å². The first-order valence-corrected chi connectivity index (χ1v) is 5.96. The van der Waals surface area contributed by atoms with E-state index < -0.39 is 12.1 Å². The molecule has 0 aromatic heterocycles. The van der Waals surface area contributed by atoms with E-state index in [0.717, 1.165) is 5.56 Å². The Morgan fingerprint density at radius 3 is 2.58 bits per heavy atom. The third-order valence-corrected chi connectivity index (χ3v) is 2.78. The molecule has 1 amide bonds. The summed E-state index contributed by atoms with van der Waals surface area (Å²) in [6.45, 7) is 1.54. The van der Waals surface area contributed by atoms with Gasteiger partial charge >= 0.3 is 5.97 Å². The maximum absolute atomic E-state index is 11.7. The van der Waals surface area contributed by atoms with Gasteiger partial charge in [0.15, 0.2) is 6.10 Å². The smallest absolute Gasteiger partial charge is 0.335 e. The Morgan fingerprint density at radius 1 is 1.26 bits per heavy atom. The zero-order valence-corrected chi connectivity index (χ0v) is 10.3. The Bertz CT molecular complexity index is 451. The minimum absolute atomic E-state index is 0.220. The fourth-order valence-corrected chi connectivity index (χ4v) is 1.71. The van der Waals surface area contributed by atoms with Crippen LogP contribution in [0.5, 0.6) is 0 Å². The Balaban J connectivity index is 1.84. The zero-order valence-electron chi connectivity index (χ0n) is 10.3. The highest BCUT2D eigenvalue weighted by molar-refractivity contribution is 5.87. The number of amides is 1.